The van der Waals surface area contributed by atoms with Gasteiger partial charge in [0.2, 0.25) is 0 Å². The second-order valence-corrected chi connectivity index (χ2v) is 3.58. The molecule has 0 aliphatic heterocycles. The zero-order valence-electron chi connectivity index (χ0n) is 7.56. The van der Waals surface area contributed by atoms with Crippen LogP contribution in [0.2, 0.25) is 0 Å². The average Bonchev–Trinajstić information content (AvgIpc) is 1.85. The first-order valence-corrected chi connectivity index (χ1v) is 3.61. The summed E-state index contributed by atoms with van der Waals surface area (Å²) in [5.41, 5.74) is 10.4. The van der Waals surface area contributed by atoms with Crippen molar-refractivity contribution in [2.24, 2.45) is 11.1 Å². The van der Waals surface area contributed by atoms with Crippen LogP contribution in [0.3, 0.4) is 0 Å². The highest BCUT2D eigenvalue weighted by Gasteiger charge is 2.26. The first kappa shape index (κ1) is 10.4. The summed E-state index contributed by atoms with van der Waals surface area (Å²) < 4.78 is 0. The first-order valence-electron chi connectivity index (χ1n) is 3.61. The molecule has 0 aromatic heterocycles. The van der Waals surface area contributed by atoms with E-state index in [0.717, 1.165) is 0 Å². The van der Waals surface area contributed by atoms with Gasteiger partial charge in [-0.2, -0.15) is 0 Å². The lowest BCUT2D eigenvalue weighted by Crippen LogP contribution is -2.51. The third kappa shape index (κ3) is 3.34. The van der Waals surface area contributed by atoms with E-state index in [1.807, 2.05) is 20.8 Å². The number of carbonyl (C=O) groups is 1. The second-order valence-electron chi connectivity index (χ2n) is 3.58. The van der Waals surface area contributed by atoms with E-state index in [-0.39, 0.29) is 11.3 Å². The summed E-state index contributed by atoms with van der Waals surface area (Å²) in [6.45, 7) is 5.77. The summed E-state index contributed by atoms with van der Waals surface area (Å²) >= 11 is 0. The van der Waals surface area contributed by atoms with E-state index in [0.29, 0.717) is 0 Å². The van der Waals surface area contributed by atoms with Gasteiger partial charge in [-0.3, -0.25) is 10.2 Å². The number of nitrogens with two attached hydrogens (primary N) is 1. The molecule has 0 unspecified atom stereocenters. The van der Waals surface area contributed by atoms with Crippen molar-refractivity contribution >= 4 is 5.91 Å². The van der Waals surface area contributed by atoms with Gasteiger partial charge in [-0.05, 0) is 5.41 Å². The number of hydrazine groups is 1. The van der Waals surface area contributed by atoms with Gasteiger partial charge in [0.15, 0.2) is 0 Å². The van der Waals surface area contributed by atoms with Crippen molar-refractivity contribution in [1.82, 2.24) is 10.9 Å². The smallest absolute Gasteiger partial charge is 0.251 e. The SMILES string of the molecule is CNNC(=O)[C@@H](N)C(C)(C)C. The number of amides is 1. The number of hydrogen-bond donors (Lipinski definition) is 3. The summed E-state index contributed by atoms with van der Waals surface area (Å²) in [7, 11) is 1.63. The number of nitrogens with one attached hydrogen (secondary N) is 2. The molecule has 66 valence electrons. The third-order valence-electron chi connectivity index (χ3n) is 1.46. The fourth-order valence-corrected chi connectivity index (χ4v) is 0.594. The molecule has 0 aliphatic rings. The van der Waals surface area contributed by atoms with Crippen molar-refractivity contribution in [1.29, 1.82) is 0 Å². The Balaban J connectivity index is 4.03. The van der Waals surface area contributed by atoms with Crippen molar-refractivity contribution in [3.63, 3.8) is 0 Å². The fourth-order valence-electron chi connectivity index (χ4n) is 0.594. The van der Waals surface area contributed by atoms with Crippen LogP contribution in [0.4, 0.5) is 0 Å². The Morgan fingerprint density at radius 2 is 1.91 bits per heavy atom. The third-order valence-corrected chi connectivity index (χ3v) is 1.46. The van der Waals surface area contributed by atoms with Crippen LogP contribution in [0.5, 0.6) is 0 Å². The largest absolute Gasteiger partial charge is 0.319 e. The minimum atomic E-state index is -0.477. The summed E-state index contributed by atoms with van der Waals surface area (Å²) in [5, 5.41) is 0. The van der Waals surface area contributed by atoms with Gasteiger partial charge in [0, 0.05) is 7.05 Å². The van der Waals surface area contributed by atoms with E-state index in [4.69, 9.17) is 5.73 Å². The van der Waals surface area contributed by atoms with Gasteiger partial charge >= 0.3 is 0 Å². The highest BCUT2D eigenvalue weighted by Crippen LogP contribution is 2.16. The van der Waals surface area contributed by atoms with Gasteiger partial charge in [-0.25, -0.2) is 5.43 Å². The molecule has 0 aromatic carbocycles. The molecular formula is C7H17N3O. The van der Waals surface area contributed by atoms with Crippen molar-refractivity contribution in [3.05, 3.63) is 0 Å². The van der Waals surface area contributed by atoms with Crippen LogP contribution in [0, 0.1) is 5.41 Å². The normalized spacial score (nSPS) is 14.3. The molecule has 1 atom stereocenters. The summed E-state index contributed by atoms with van der Waals surface area (Å²) in [4.78, 5) is 11.1. The molecule has 0 aliphatic carbocycles. The Hall–Kier alpha value is -0.610. The minimum Gasteiger partial charge on any atom is -0.319 e. The molecule has 0 saturated carbocycles. The first-order chi connectivity index (χ1) is 4.89. The van der Waals surface area contributed by atoms with E-state index >= 15 is 0 Å². The molecule has 0 heterocycles. The maximum atomic E-state index is 11.1. The van der Waals surface area contributed by atoms with E-state index in [1.54, 1.807) is 7.05 Å². The van der Waals surface area contributed by atoms with Crippen molar-refractivity contribution in [3.8, 4) is 0 Å². The van der Waals surface area contributed by atoms with E-state index < -0.39 is 6.04 Å². The Kier molecular flexibility index (Phi) is 3.48. The molecule has 0 rings (SSSR count). The Morgan fingerprint density at radius 3 is 2.18 bits per heavy atom. The molecular weight excluding hydrogens is 142 g/mol. The molecule has 0 saturated heterocycles. The topological polar surface area (TPSA) is 67.1 Å². The number of rotatable bonds is 2. The maximum absolute atomic E-state index is 11.1. The summed E-state index contributed by atoms with van der Waals surface area (Å²) in [5.74, 6) is -0.181. The van der Waals surface area contributed by atoms with Gasteiger partial charge in [0.1, 0.15) is 0 Å². The fraction of sp³-hybridized carbons (Fsp3) is 0.857. The molecule has 4 N–H and O–H groups in total. The highest BCUT2D eigenvalue weighted by atomic mass is 16.2. The molecule has 0 bridgehead atoms. The van der Waals surface area contributed by atoms with Crippen molar-refractivity contribution in [2.75, 3.05) is 7.05 Å². The van der Waals surface area contributed by atoms with Crippen LogP contribution in [-0.4, -0.2) is 19.0 Å². The quantitative estimate of drug-likeness (QED) is 0.481. The summed E-state index contributed by atoms with van der Waals surface area (Å²) in [6.07, 6.45) is 0. The van der Waals surface area contributed by atoms with Crippen LogP contribution < -0.4 is 16.6 Å². The summed E-state index contributed by atoms with van der Waals surface area (Å²) in [6, 6.07) is -0.477. The lowest BCUT2D eigenvalue weighted by Gasteiger charge is -2.25. The standard InChI is InChI=1S/C7H17N3O/c1-7(2,3)5(8)6(11)10-9-4/h5,9H,8H2,1-4H3,(H,10,11)/t5-/m1/s1. The van der Waals surface area contributed by atoms with E-state index in [2.05, 4.69) is 10.9 Å². The van der Waals surface area contributed by atoms with Crippen LogP contribution in [0.25, 0.3) is 0 Å². The van der Waals surface area contributed by atoms with Crippen molar-refractivity contribution in [2.45, 2.75) is 26.8 Å². The average molecular weight is 159 g/mol. The van der Waals surface area contributed by atoms with Crippen LogP contribution in [-0.2, 0) is 4.79 Å². The Labute approximate surface area is 67.5 Å². The van der Waals surface area contributed by atoms with Crippen LogP contribution in [0.15, 0.2) is 0 Å². The van der Waals surface area contributed by atoms with Gasteiger partial charge in [-0.15, -0.1) is 0 Å². The van der Waals surface area contributed by atoms with Crippen LogP contribution >= 0.6 is 0 Å². The molecule has 0 fully saturated rings. The predicted octanol–water partition coefficient (Wildman–Crippen LogP) is -0.390. The lowest BCUT2D eigenvalue weighted by molar-refractivity contribution is -0.125. The molecule has 0 radical (unpaired) electrons. The van der Waals surface area contributed by atoms with Gasteiger partial charge in [0.25, 0.3) is 5.91 Å². The zero-order chi connectivity index (χ0) is 9.07. The van der Waals surface area contributed by atoms with Gasteiger partial charge in [-0.1, -0.05) is 20.8 Å². The minimum absolute atomic E-state index is 0.181. The van der Waals surface area contributed by atoms with Crippen LogP contribution in [0.1, 0.15) is 20.8 Å². The zero-order valence-corrected chi connectivity index (χ0v) is 7.56. The second kappa shape index (κ2) is 3.69. The van der Waals surface area contributed by atoms with Gasteiger partial charge < -0.3 is 5.73 Å². The molecule has 0 aromatic rings. The Bertz CT molecular complexity index is 139. The molecule has 0 spiro atoms. The number of carbonyl (C=O) groups excluding carboxylic acids is 1. The molecule has 1 amide bonds. The van der Waals surface area contributed by atoms with Gasteiger partial charge in [0.05, 0.1) is 6.04 Å². The van der Waals surface area contributed by atoms with E-state index in [9.17, 15) is 4.79 Å². The molecule has 11 heavy (non-hydrogen) atoms. The lowest BCUT2D eigenvalue weighted by atomic mass is 9.87. The predicted molar refractivity (Wildman–Crippen MR) is 44.6 cm³/mol. The molecule has 4 nitrogen and oxygen atoms in total. The highest BCUT2D eigenvalue weighted by molar-refractivity contribution is 5.81. The molecule has 4 heteroatoms. The number of hydrogen-bond acceptors (Lipinski definition) is 3. The van der Waals surface area contributed by atoms with E-state index in [1.165, 1.54) is 0 Å². The monoisotopic (exact) mass is 159 g/mol. The van der Waals surface area contributed by atoms with Crippen molar-refractivity contribution < 1.29 is 4.79 Å². The maximum Gasteiger partial charge on any atom is 0.251 e. The Morgan fingerprint density at radius 1 is 1.45 bits per heavy atom.